The van der Waals surface area contributed by atoms with Crippen molar-refractivity contribution in [1.29, 1.82) is 0 Å². The van der Waals surface area contributed by atoms with Crippen LogP contribution in [0.25, 0.3) is 27.7 Å². The lowest BCUT2D eigenvalue weighted by atomic mass is 10.0. The number of nitrogens with zero attached hydrogens (tertiary/aromatic N) is 4. The van der Waals surface area contributed by atoms with Crippen molar-refractivity contribution >= 4 is 22.7 Å². The van der Waals surface area contributed by atoms with Gasteiger partial charge in [0, 0.05) is 17.7 Å². The number of ether oxygens (including phenoxy) is 2. The highest BCUT2D eigenvalue weighted by Crippen LogP contribution is 2.42. The molecule has 31 heavy (non-hydrogen) atoms. The van der Waals surface area contributed by atoms with Crippen molar-refractivity contribution in [3.05, 3.63) is 35.5 Å². The lowest BCUT2D eigenvalue weighted by molar-refractivity contribution is 0.0306. The number of aromatic nitrogens is 3. The van der Waals surface area contributed by atoms with E-state index >= 15 is 0 Å². The molecule has 0 radical (unpaired) electrons. The molecule has 1 amide bonds. The highest BCUT2D eigenvalue weighted by Gasteiger charge is 2.30. The Morgan fingerprint density at radius 3 is 2.74 bits per heavy atom. The topological polar surface area (TPSA) is 82.6 Å². The highest BCUT2D eigenvalue weighted by molar-refractivity contribution is 5.94. The average Bonchev–Trinajstić information content (AvgIpc) is 3.40. The molecule has 8 heteroatoms. The van der Waals surface area contributed by atoms with Gasteiger partial charge >= 0.3 is 6.09 Å². The first-order valence-electron chi connectivity index (χ1n) is 10.5. The minimum absolute atomic E-state index is 0.307. The summed E-state index contributed by atoms with van der Waals surface area (Å²) in [7, 11) is 0. The second kappa shape index (κ2) is 6.87. The van der Waals surface area contributed by atoms with E-state index in [4.69, 9.17) is 19.0 Å². The van der Waals surface area contributed by atoms with Gasteiger partial charge in [-0.05, 0) is 46.8 Å². The number of hydrogen-bond acceptors (Lipinski definition) is 6. The largest absolute Gasteiger partial charge is 0.489 e. The van der Waals surface area contributed by atoms with E-state index in [2.05, 4.69) is 15.8 Å². The smallest absolute Gasteiger partial charge is 0.410 e. The SMILES string of the molecule is Cc1noc(C)c1-c1ccc2nc(C3=CCN(C(=O)OC(C)(C)C)C3)n3c2c1OCC3. The number of rotatable bonds is 2. The van der Waals surface area contributed by atoms with Crippen LogP contribution in [0.4, 0.5) is 4.79 Å². The normalized spacial score (nSPS) is 15.9. The second-order valence-electron chi connectivity index (χ2n) is 9.03. The fourth-order valence-electron chi connectivity index (χ4n) is 4.29. The van der Waals surface area contributed by atoms with Crippen molar-refractivity contribution in [2.75, 3.05) is 19.7 Å². The molecule has 2 aliphatic rings. The summed E-state index contributed by atoms with van der Waals surface area (Å²) in [5.41, 5.74) is 5.10. The van der Waals surface area contributed by atoms with Gasteiger partial charge in [-0.2, -0.15) is 0 Å². The molecule has 2 aromatic heterocycles. The van der Waals surface area contributed by atoms with E-state index in [1.54, 1.807) is 4.90 Å². The van der Waals surface area contributed by atoms with Crippen LogP contribution < -0.4 is 4.74 Å². The van der Waals surface area contributed by atoms with Crippen molar-refractivity contribution in [3.8, 4) is 16.9 Å². The van der Waals surface area contributed by atoms with Gasteiger partial charge in [0.2, 0.25) is 0 Å². The van der Waals surface area contributed by atoms with E-state index in [1.807, 2.05) is 46.8 Å². The molecule has 0 spiro atoms. The van der Waals surface area contributed by atoms with E-state index in [0.717, 1.165) is 50.8 Å². The summed E-state index contributed by atoms with van der Waals surface area (Å²) >= 11 is 0. The molecule has 0 bridgehead atoms. The molecule has 0 N–H and O–H groups in total. The molecule has 162 valence electrons. The summed E-state index contributed by atoms with van der Waals surface area (Å²) in [5.74, 6) is 2.45. The Balaban J connectivity index is 1.53. The van der Waals surface area contributed by atoms with Gasteiger partial charge in [0.05, 0.1) is 29.9 Å². The zero-order valence-electron chi connectivity index (χ0n) is 18.5. The number of hydrogen-bond donors (Lipinski definition) is 0. The van der Waals surface area contributed by atoms with Crippen LogP contribution in [0.2, 0.25) is 0 Å². The third kappa shape index (κ3) is 3.26. The van der Waals surface area contributed by atoms with Crippen LogP contribution in [0.3, 0.4) is 0 Å². The average molecular weight is 422 g/mol. The molecular weight excluding hydrogens is 396 g/mol. The van der Waals surface area contributed by atoms with E-state index < -0.39 is 5.60 Å². The Morgan fingerprint density at radius 2 is 2.03 bits per heavy atom. The number of benzene rings is 1. The van der Waals surface area contributed by atoms with Gasteiger partial charge in [-0.25, -0.2) is 9.78 Å². The number of carbonyl (C=O) groups excluding carboxylic acids is 1. The summed E-state index contributed by atoms with van der Waals surface area (Å²) in [6, 6.07) is 4.03. The Hall–Kier alpha value is -3.29. The van der Waals surface area contributed by atoms with E-state index in [-0.39, 0.29) is 6.09 Å². The molecule has 0 fully saturated rings. The van der Waals surface area contributed by atoms with Gasteiger partial charge in [-0.15, -0.1) is 0 Å². The standard InChI is InChI=1S/C23H26N4O4/c1-13-18(14(2)31-25-13)16-6-7-17-19-20(16)29-11-10-27(19)21(24-17)15-8-9-26(12-15)22(28)30-23(3,4)5/h6-8H,9-12H2,1-5H3. The van der Waals surface area contributed by atoms with Crippen LogP contribution in [-0.4, -0.2) is 51.0 Å². The fourth-order valence-corrected chi connectivity index (χ4v) is 4.29. The summed E-state index contributed by atoms with van der Waals surface area (Å²) in [6.07, 6.45) is 1.75. The molecule has 8 nitrogen and oxygen atoms in total. The summed E-state index contributed by atoms with van der Waals surface area (Å²) in [5, 5.41) is 4.10. The third-order valence-corrected chi connectivity index (χ3v) is 5.58. The quantitative estimate of drug-likeness (QED) is 0.611. The molecule has 1 aromatic carbocycles. The minimum Gasteiger partial charge on any atom is -0.489 e. The van der Waals surface area contributed by atoms with Gasteiger partial charge in [0.15, 0.2) is 5.75 Å². The molecule has 5 rings (SSSR count). The van der Waals surface area contributed by atoms with E-state index in [9.17, 15) is 4.79 Å². The predicted molar refractivity (Wildman–Crippen MR) is 116 cm³/mol. The molecular formula is C23H26N4O4. The first-order chi connectivity index (χ1) is 14.7. The first-order valence-corrected chi connectivity index (χ1v) is 10.5. The maximum Gasteiger partial charge on any atom is 0.410 e. The fraction of sp³-hybridized carbons (Fsp3) is 0.435. The van der Waals surface area contributed by atoms with Crippen LogP contribution in [0.5, 0.6) is 5.75 Å². The van der Waals surface area contributed by atoms with Gasteiger partial charge in [0.25, 0.3) is 0 Å². The van der Waals surface area contributed by atoms with Crippen molar-refractivity contribution < 1.29 is 18.8 Å². The number of imidazole rings is 1. The minimum atomic E-state index is -0.519. The number of amides is 1. The molecule has 0 saturated carbocycles. The van der Waals surface area contributed by atoms with Crippen LogP contribution in [-0.2, 0) is 11.3 Å². The van der Waals surface area contributed by atoms with Crippen molar-refractivity contribution in [2.45, 2.75) is 46.8 Å². The Labute approximate surface area is 180 Å². The molecule has 4 heterocycles. The monoisotopic (exact) mass is 422 g/mol. The van der Waals surface area contributed by atoms with Gasteiger partial charge in [0.1, 0.15) is 29.3 Å². The van der Waals surface area contributed by atoms with Crippen LogP contribution in [0.15, 0.2) is 22.7 Å². The van der Waals surface area contributed by atoms with Crippen LogP contribution in [0.1, 0.15) is 38.0 Å². The maximum atomic E-state index is 12.5. The first kappa shape index (κ1) is 19.7. The molecule has 0 atom stereocenters. The number of carbonyl (C=O) groups is 1. The Kier molecular flexibility index (Phi) is 4.35. The van der Waals surface area contributed by atoms with Gasteiger partial charge in [-0.1, -0.05) is 11.2 Å². The summed E-state index contributed by atoms with van der Waals surface area (Å²) in [6.45, 7) is 11.7. The highest BCUT2D eigenvalue weighted by atomic mass is 16.6. The second-order valence-corrected chi connectivity index (χ2v) is 9.03. The van der Waals surface area contributed by atoms with Crippen molar-refractivity contribution in [1.82, 2.24) is 19.6 Å². The maximum absolute atomic E-state index is 12.5. The van der Waals surface area contributed by atoms with E-state index in [1.165, 1.54) is 0 Å². The molecule has 2 aliphatic heterocycles. The zero-order valence-corrected chi connectivity index (χ0v) is 18.5. The zero-order chi connectivity index (χ0) is 21.9. The number of aryl methyl sites for hydroxylation is 2. The molecule has 0 saturated heterocycles. The predicted octanol–water partition coefficient (Wildman–Crippen LogP) is 4.33. The van der Waals surface area contributed by atoms with Crippen molar-refractivity contribution in [2.24, 2.45) is 0 Å². The summed E-state index contributed by atoms with van der Waals surface area (Å²) in [4.78, 5) is 19.1. The molecule has 0 unspecified atom stereocenters. The lowest BCUT2D eigenvalue weighted by Crippen LogP contribution is -2.35. The van der Waals surface area contributed by atoms with Crippen LogP contribution in [0, 0.1) is 13.8 Å². The summed E-state index contributed by atoms with van der Waals surface area (Å²) < 4.78 is 19.2. The Morgan fingerprint density at radius 1 is 1.23 bits per heavy atom. The van der Waals surface area contributed by atoms with Crippen molar-refractivity contribution in [3.63, 3.8) is 0 Å². The third-order valence-electron chi connectivity index (χ3n) is 5.58. The Bertz CT molecular complexity index is 1210. The molecule has 3 aromatic rings. The van der Waals surface area contributed by atoms with Gasteiger partial charge < -0.3 is 23.5 Å². The van der Waals surface area contributed by atoms with Crippen LogP contribution >= 0.6 is 0 Å². The lowest BCUT2D eigenvalue weighted by Gasteiger charge is -2.24. The van der Waals surface area contributed by atoms with E-state index in [0.29, 0.717) is 26.2 Å². The van der Waals surface area contributed by atoms with Gasteiger partial charge in [-0.3, -0.25) is 0 Å². The molecule has 0 aliphatic carbocycles.